The number of fused-ring (bicyclic) bond motifs is 2. The maximum atomic E-state index is 8.49. The first-order valence-electron chi connectivity index (χ1n) is 8.21. The number of nitrogens with zero attached hydrogens (tertiary/aromatic N) is 3. The molecule has 1 aromatic heterocycles. The fourth-order valence-corrected chi connectivity index (χ4v) is 2.99. The lowest BCUT2D eigenvalue weighted by Crippen LogP contribution is -2.05. The Bertz CT molecular complexity index is 575. The Hall–Kier alpha value is -1.89. The lowest BCUT2D eigenvalue weighted by molar-refractivity contribution is 0.362. The summed E-state index contributed by atoms with van der Waals surface area (Å²) in [6.07, 6.45) is 9.18. The number of azide groups is 1. The molecular weight excluding hydrogens is 274 g/mol. The minimum absolute atomic E-state index is 0.267. The van der Waals surface area contributed by atoms with E-state index in [4.69, 9.17) is 9.95 Å². The molecule has 0 fully saturated rings. The molecule has 1 aromatic rings. The number of hydrogen-bond acceptors (Lipinski definition) is 2. The quantitative estimate of drug-likeness (QED) is 0.302. The third-order valence-corrected chi connectivity index (χ3v) is 4.30. The number of aryl methyl sites for hydroxylation is 1. The summed E-state index contributed by atoms with van der Waals surface area (Å²) in [5, 5.41) is 3.70. The summed E-state index contributed by atoms with van der Waals surface area (Å²) in [5.41, 5.74) is 11.8. The van der Waals surface area contributed by atoms with E-state index in [-0.39, 0.29) is 5.92 Å². The van der Waals surface area contributed by atoms with E-state index in [9.17, 15) is 0 Å². The van der Waals surface area contributed by atoms with Crippen LogP contribution in [0.15, 0.2) is 39.5 Å². The smallest absolute Gasteiger partial charge is 0.107 e. The van der Waals surface area contributed by atoms with Crippen LogP contribution in [0.5, 0.6) is 0 Å². The van der Waals surface area contributed by atoms with Crippen LogP contribution in [0.3, 0.4) is 0 Å². The molecule has 0 spiro atoms. The van der Waals surface area contributed by atoms with E-state index in [0.29, 0.717) is 18.4 Å². The first-order valence-corrected chi connectivity index (χ1v) is 8.21. The summed E-state index contributed by atoms with van der Waals surface area (Å²) in [6.45, 7) is 5.01. The summed E-state index contributed by atoms with van der Waals surface area (Å²) in [4.78, 5) is 2.86. The molecule has 0 saturated carbocycles. The molecule has 118 valence electrons. The van der Waals surface area contributed by atoms with Gasteiger partial charge >= 0.3 is 0 Å². The van der Waals surface area contributed by atoms with E-state index in [0.717, 1.165) is 43.6 Å². The average Bonchev–Trinajstić information content (AvgIpc) is 2.95. The molecule has 2 bridgehead atoms. The van der Waals surface area contributed by atoms with Crippen molar-refractivity contribution in [2.24, 2.45) is 17.0 Å². The largest absolute Gasteiger partial charge is 0.466 e. The Labute approximate surface area is 132 Å². The third-order valence-electron chi connectivity index (χ3n) is 4.30. The zero-order chi connectivity index (χ0) is 15.8. The molecule has 1 aliphatic rings. The van der Waals surface area contributed by atoms with Crippen molar-refractivity contribution in [3.8, 4) is 0 Å². The minimum atomic E-state index is 0.267. The van der Waals surface area contributed by atoms with E-state index >= 15 is 0 Å². The van der Waals surface area contributed by atoms with E-state index in [1.54, 1.807) is 0 Å². The highest BCUT2D eigenvalue weighted by Gasteiger charge is 2.19. The summed E-state index contributed by atoms with van der Waals surface area (Å²) in [5.74, 6) is 3.49. The van der Waals surface area contributed by atoms with Gasteiger partial charge in [-0.25, -0.2) is 0 Å². The molecule has 2 heterocycles. The second-order valence-corrected chi connectivity index (χ2v) is 6.34. The molecule has 4 heteroatoms. The standard InChI is InChI=1S/C18H25N3O/c1-14(2)17-10-5-3-4-7-15(13-20-21-19)8-6-9-16-11-12-18(17)22-16/h3,7,11-12,14-15,17H,5-6,8-10,13H2,1-2H3. The first-order chi connectivity index (χ1) is 10.7. The molecule has 2 unspecified atom stereocenters. The van der Waals surface area contributed by atoms with Gasteiger partial charge in [-0.2, -0.15) is 0 Å². The van der Waals surface area contributed by atoms with Crippen LogP contribution in [0.4, 0.5) is 0 Å². The predicted octanol–water partition coefficient (Wildman–Crippen LogP) is 5.77. The number of hydrogen-bond donors (Lipinski definition) is 0. The van der Waals surface area contributed by atoms with Crippen molar-refractivity contribution in [1.82, 2.24) is 0 Å². The SMILES string of the molecule is CC(C)C1CCC=C=CC(CN=[N+]=[N-])CCCc2ccc1o2. The van der Waals surface area contributed by atoms with E-state index < -0.39 is 0 Å². The van der Waals surface area contributed by atoms with E-state index in [1.807, 2.05) is 0 Å². The van der Waals surface area contributed by atoms with Gasteiger partial charge in [0, 0.05) is 23.8 Å². The van der Waals surface area contributed by atoms with Crippen molar-refractivity contribution < 1.29 is 4.42 Å². The molecule has 4 nitrogen and oxygen atoms in total. The minimum Gasteiger partial charge on any atom is -0.466 e. The van der Waals surface area contributed by atoms with Crippen LogP contribution in [0, 0.1) is 11.8 Å². The highest BCUT2D eigenvalue weighted by Crippen LogP contribution is 2.31. The van der Waals surface area contributed by atoms with Gasteiger partial charge in [-0.15, -0.1) is 5.73 Å². The summed E-state index contributed by atoms with van der Waals surface area (Å²) in [6, 6.07) is 4.26. The van der Waals surface area contributed by atoms with Gasteiger partial charge in [0.2, 0.25) is 0 Å². The highest BCUT2D eigenvalue weighted by molar-refractivity contribution is 5.13. The molecule has 0 aliphatic carbocycles. The Morgan fingerprint density at radius 2 is 2.27 bits per heavy atom. The van der Waals surface area contributed by atoms with Crippen LogP contribution in [-0.4, -0.2) is 6.54 Å². The normalized spacial score (nSPS) is 22.5. The molecule has 1 aliphatic heterocycles. The van der Waals surface area contributed by atoms with Gasteiger partial charge in [-0.3, -0.25) is 0 Å². The lowest BCUT2D eigenvalue weighted by atomic mass is 9.89. The van der Waals surface area contributed by atoms with Crippen LogP contribution in [-0.2, 0) is 6.42 Å². The molecule has 22 heavy (non-hydrogen) atoms. The maximum absolute atomic E-state index is 8.49. The number of furan rings is 1. The van der Waals surface area contributed by atoms with E-state index in [2.05, 4.69) is 53.9 Å². The summed E-state index contributed by atoms with van der Waals surface area (Å²) >= 11 is 0. The zero-order valence-electron chi connectivity index (χ0n) is 13.5. The monoisotopic (exact) mass is 299 g/mol. The van der Waals surface area contributed by atoms with Gasteiger partial charge in [0.1, 0.15) is 11.5 Å². The Balaban J connectivity index is 2.15. The fraction of sp³-hybridized carbons (Fsp3) is 0.611. The zero-order valence-corrected chi connectivity index (χ0v) is 13.5. The van der Waals surface area contributed by atoms with Crippen LogP contribution in [0.2, 0.25) is 0 Å². The second kappa shape index (κ2) is 8.53. The van der Waals surface area contributed by atoms with Crippen molar-refractivity contribution in [2.75, 3.05) is 6.54 Å². The van der Waals surface area contributed by atoms with Gasteiger partial charge in [0.15, 0.2) is 0 Å². The molecule has 0 radical (unpaired) electrons. The summed E-state index contributed by atoms with van der Waals surface area (Å²) in [7, 11) is 0. The predicted molar refractivity (Wildman–Crippen MR) is 88.6 cm³/mol. The van der Waals surface area contributed by atoms with Crippen LogP contribution in [0.1, 0.15) is 57.0 Å². The number of rotatable bonds is 3. The van der Waals surface area contributed by atoms with Gasteiger partial charge in [-0.1, -0.05) is 19.0 Å². The molecule has 2 atom stereocenters. The van der Waals surface area contributed by atoms with E-state index in [1.165, 1.54) is 0 Å². The van der Waals surface area contributed by atoms with Crippen LogP contribution < -0.4 is 0 Å². The van der Waals surface area contributed by atoms with Gasteiger partial charge in [-0.05, 0) is 67.3 Å². The molecular formula is C18H25N3O. The Morgan fingerprint density at radius 1 is 1.41 bits per heavy atom. The average molecular weight is 299 g/mol. The molecule has 0 aromatic carbocycles. The van der Waals surface area contributed by atoms with Gasteiger partial charge in [0.25, 0.3) is 0 Å². The second-order valence-electron chi connectivity index (χ2n) is 6.34. The summed E-state index contributed by atoms with van der Waals surface area (Å²) < 4.78 is 6.06. The molecule has 0 N–H and O–H groups in total. The van der Waals surface area contributed by atoms with Crippen molar-refractivity contribution >= 4 is 0 Å². The van der Waals surface area contributed by atoms with Crippen molar-refractivity contribution in [3.05, 3.63) is 52.0 Å². The Morgan fingerprint density at radius 3 is 3.05 bits per heavy atom. The van der Waals surface area contributed by atoms with Crippen LogP contribution in [0.25, 0.3) is 10.4 Å². The highest BCUT2D eigenvalue weighted by atomic mass is 16.3. The molecule has 0 amide bonds. The van der Waals surface area contributed by atoms with Crippen molar-refractivity contribution in [1.29, 1.82) is 0 Å². The Kier molecular flexibility index (Phi) is 6.39. The molecule has 0 saturated heterocycles. The lowest BCUT2D eigenvalue weighted by Gasteiger charge is -2.17. The van der Waals surface area contributed by atoms with Crippen LogP contribution >= 0.6 is 0 Å². The third kappa shape index (κ3) is 4.84. The van der Waals surface area contributed by atoms with Crippen molar-refractivity contribution in [3.63, 3.8) is 0 Å². The molecule has 2 rings (SSSR count). The maximum Gasteiger partial charge on any atom is 0.107 e. The van der Waals surface area contributed by atoms with Gasteiger partial charge < -0.3 is 4.42 Å². The fourth-order valence-electron chi connectivity index (χ4n) is 2.99. The van der Waals surface area contributed by atoms with Crippen molar-refractivity contribution in [2.45, 2.75) is 51.9 Å². The first kappa shape index (κ1) is 16.5. The topological polar surface area (TPSA) is 61.9 Å². The van der Waals surface area contributed by atoms with Gasteiger partial charge in [0.05, 0.1) is 0 Å².